The van der Waals surface area contributed by atoms with Gasteiger partial charge in [0.2, 0.25) is 0 Å². The van der Waals surface area contributed by atoms with Gasteiger partial charge in [-0.1, -0.05) is 12.1 Å². The number of benzene rings is 1. The maximum Gasteiger partial charge on any atom is 0.323 e. The van der Waals surface area contributed by atoms with Gasteiger partial charge in [0.1, 0.15) is 11.4 Å². The van der Waals surface area contributed by atoms with E-state index >= 15 is 0 Å². The monoisotopic (exact) mass is 251 g/mol. The standard InChI is InChI=1S/C14H18FNO2/c1-14(13(17)18,16-9-10-5-6-10)8-11-3-2-4-12(15)7-11/h2-4,7,10,16H,5-6,8-9H2,1H3,(H,17,18). The quantitative estimate of drug-likeness (QED) is 0.815. The highest BCUT2D eigenvalue weighted by Gasteiger charge is 2.35. The Morgan fingerprint density at radius 1 is 1.56 bits per heavy atom. The molecule has 1 fully saturated rings. The minimum absolute atomic E-state index is 0.285. The molecule has 1 atom stereocenters. The Hall–Kier alpha value is -1.42. The van der Waals surface area contributed by atoms with Crippen LogP contribution >= 0.6 is 0 Å². The molecule has 0 saturated heterocycles. The lowest BCUT2D eigenvalue weighted by Gasteiger charge is -2.26. The molecule has 0 aliphatic heterocycles. The summed E-state index contributed by atoms with van der Waals surface area (Å²) in [7, 11) is 0. The molecular weight excluding hydrogens is 233 g/mol. The van der Waals surface area contributed by atoms with Gasteiger partial charge in [0.15, 0.2) is 0 Å². The van der Waals surface area contributed by atoms with Crippen molar-refractivity contribution in [2.75, 3.05) is 6.54 Å². The van der Waals surface area contributed by atoms with E-state index in [0.29, 0.717) is 11.5 Å². The summed E-state index contributed by atoms with van der Waals surface area (Å²) < 4.78 is 13.1. The van der Waals surface area contributed by atoms with E-state index in [0.717, 1.165) is 6.54 Å². The van der Waals surface area contributed by atoms with Crippen LogP contribution in [0.3, 0.4) is 0 Å². The van der Waals surface area contributed by atoms with Gasteiger partial charge in [0, 0.05) is 6.42 Å². The average molecular weight is 251 g/mol. The molecule has 1 aliphatic rings. The van der Waals surface area contributed by atoms with Crippen molar-refractivity contribution < 1.29 is 14.3 Å². The second-order valence-electron chi connectivity index (χ2n) is 5.27. The predicted molar refractivity (Wildman–Crippen MR) is 66.9 cm³/mol. The zero-order valence-electron chi connectivity index (χ0n) is 10.4. The van der Waals surface area contributed by atoms with Crippen molar-refractivity contribution >= 4 is 5.97 Å². The summed E-state index contributed by atoms with van der Waals surface area (Å²) in [5, 5.41) is 12.4. The lowest BCUT2D eigenvalue weighted by molar-refractivity contribution is -0.144. The van der Waals surface area contributed by atoms with Gasteiger partial charge >= 0.3 is 5.97 Å². The molecule has 0 aromatic heterocycles. The Balaban J connectivity index is 2.06. The fourth-order valence-corrected chi connectivity index (χ4v) is 1.96. The molecule has 2 rings (SSSR count). The maximum absolute atomic E-state index is 13.1. The minimum atomic E-state index is -1.03. The molecule has 2 N–H and O–H groups in total. The lowest BCUT2D eigenvalue weighted by atomic mass is 9.92. The Morgan fingerprint density at radius 2 is 2.28 bits per heavy atom. The van der Waals surface area contributed by atoms with Crippen molar-refractivity contribution in [2.24, 2.45) is 5.92 Å². The van der Waals surface area contributed by atoms with E-state index in [2.05, 4.69) is 5.32 Å². The topological polar surface area (TPSA) is 49.3 Å². The zero-order chi connectivity index (χ0) is 13.2. The van der Waals surface area contributed by atoms with Crippen molar-refractivity contribution in [1.82, 2.24) is 5.32 Å². The third-order valence-corrected chi connectivity index (χ3v) is 3.40. The molecule has 1 saturated carbocycles. The van der Waals surface area contributed by atoms with Gasteiger partial charge in [-0.3, -0.25) is 4.79 Å². The number of carboxylic acid groups (broad SMARTS) is 1. The van der Waals surface area contributed by atoms with Crippen LogP contribution in [0.15, 0.2) is 24.3 Å². The number of hydrogen-bond acceptors (Lipinski definition) is 2. The SMILES string of the molecule is CC(Cc1cccc(F)c1)(NCC1CC1)C(=O)O. The van der Waals surface area contributed by atoms with Crippen LogP contribution in [0.25, 0.3) is 0 Å². The van der Waals surface area contributed by atoms with E-state index in [9.17, 15) is 14.3 Å². The number of hydrogen-bond donors (Lipinski definition) is 2. The molecule has 0 amide bonds. The lowest BCUT2D eigenvalue weighted by Crippen LogP contribution is -2.52. The fraction of sp³-hybridized carbons (Fsp3) is 0.500. The van der Waals surface area contributed by atoms with E-state index in [4.69, 9.17) is 0 Å². The van der Waals surface area contributed by atoms with E-state index in [1.54, 1.807) is 19.1 Å². The first-order chi connectivity index (χ1) is 8.49. The summed E-state index contributed by atoms with van der Waals surface area (Å²) in [6.07, 6.45) is 2.62. The first-order valence-electron chi connectivity index (χ1n) is 6.22. The maximum atomic E-state index is 13.1. The van der Waals surface area contributed by atoms with Gasteiger partial charge in [0.05, 0.1) is 0 Å². The van der Waals surface area contributed by atoms with Gasteiger partial charge in [-0.05, 0) is 49.9 Å². The Labute approximate surface area is 106 Å². The molecule has 98 valence electrons. The van der Waals surface area contributed by atoms with Crippen LogP contribution in [0.5, 0.6) is 0 Å². The Kier molecular flexibility index (Phi) is 3.66. The Bertz CT molecular complexity index is 445. The highest BCUT2D eigenvalue weighted by molar-refractivity contribution is 5.78. The van der Waals surface area contributed by atoms with Crippen LogP contribution in [-0.2, 0) is 11.2 Å². The summed E-state index contributed by atoms with van der Waals surface area (Å²) in [5.74, 6) is -0.619. The van der Waals surface area contributed by atoms with Gasteiger partial charge in [-0.25, -0.2) is 4.39 Å². The van der Waals surface area contributed by atoms with Crippen molar-refractivity contribution in [3.05, 3.63) is 35.6 Å². The third-order valence-electron chi connectivity index (χ3n) is 3.40. The molecule has 0 spiro atoms. The molecule has 3 nitrogen and oxygen atoms in total. The number of nitrogens with one attached hydrogen (secondary N) is 1. The number of rotatable bonds is 6. The summed E-state index contributed by atoms with van der Waals surface area (Å²) in [5.41, 5.74) is -0.334. The number of halogens is 1. The first-order valence-corrected chi connectivity index (χ1v) is 6.22. The number of aliphatic carboxylic acids is 1. The van der Waals surface area contributed by atoms with Gasteiger partial charge in [-0.2, -0.15) is 0 Å². The normalized spacial score (nSPS) is 18.3. The van der Waals surface area contributed by atoms with E-state index in [1.165, 1.54) is 25.0 Å². The number of carboxylic acids is 1. The molecule has 18 heavy (non-hydrogen) atoms. The molecule has 1 aliphatic carbocycles. The summed E-state index contributed by atoms with van der Waals surface area (Å²) in [4.78, 5) is 11.4. The van der Waals surface area contributed by atoms with Crippen molar-refractivity contribution in [3.8, 4) is 0 Å². The second-order valence-corrected chi connectivity index (χ2v) is 5.27. The van der Waals surface area contributed by atoms with Crippen LogP contribution in [0.2, 0.25) is 0 Å². The van der Waals surface area contributed by atoms with Gasteiger partial charge < -0.3 is 10.4 Å². The molecular formula is C14H18FNO2. The van der Waals surface area contributed by atoms with Crippen LogP contribution in [0.4, 0.5) is 4.39 Å². The van der Waals surface area contributed by atoms with E-state index in [-0.39, 0.29) is 12.2 Å². The van der Waals surface area contributed by atoms with Crippen molar-refractivity contribution in [3.63, 3.8) is 0 Å². The second kappa shape index (κ2) is 5.06. The van der Waals surface area contributed by atoms with Crippen molar-refractivity contribution in [2.45, 2.75) is 31.7 Å². The highest BCUT2D eigenvalue weighted by atomic mass is 19.1. The smallest absolute Gasteiger partial charge is 0.323 e. The van der Waals surface area contributed by atoms with Crippen LogP contribution < -0.4 is 5.32 Å². The fourth-order valence-electron chi connectivity index (χ4n) is 1.96. The largest absolute Gasteiger partial charge is 0.480 e. The van der Waals surface area contributed by atoms with E-state index < -0.39 is 11.5 Å². The van der Waals surface area contributed by atoms with Gasteiger partial charge in [-0.15, -0.1) is 0 Å². The molecule has 1 aromatic carbocycles. The van der Waals surface area contributed by atoms with Gasteiger partial charge in [0.25, 0.3) is 0 Å². The minimum Gasteiger partial charge on any atom is -0.480 e. The third kappa shape index (κ3) is 3.29. The Morgan fingerprint density at radius 3 is 2.83 bits per heavy atom. The van der Waals surface area contributed by atoms with Crippen LogP contribution in [0, 0.1) is 11.7 Å². The van der Waals surface area contributed by atoms with Crippen LogP contribution in [-0.4, -0.2) is 23.2 Å². The molecule has 0 bridgehead atoms. The molecule has 4 heteroatoms. The van der Waals surface area contributed by atoms with E-state index in [1.807, 2.05) is 0 Å². The van der Waals surface area contributed by atoms with Crippen LogP contribution in [0.1, 0.15) is 25.3 Å². The average Bonchev–Trinajstić information content (AvgIpc) is 3.10. The molecule has 0 heterocycles. The summed E-state index contributed by atoms with van der Waals surface area (Å²) in [6.45, 7) is 2.38. The zero-order valence-corrected chi connectivity index (χ0v) is 10.4. The molecule has 0 radical (unpaired) electrons. The summed E-state index contributed by atoms with van der Waals surface area (Å²) >= 11 is 0. The van der Waals surface area contributed by atoms with Crippen molar-refractivity contribution in [1.29, 1.82) is 0 Å². The molecule has 1 unspecified atom stereocenters. The summed E-state index contributed by atoms with van der Waals surface area (Å²) in [6, 6.07) is 6.11. The highest BCUT2D eigenvalue weighted by Crippen LogP contribution is 2.28. The predicted octanol–water partition coefficient (Wildman–Crippen LogP) is 2.21. The number of carbonyl (C=O) groups is 1. The molecule has 1 aromatic rings. The first kappa shape index (κ1) is 13.0.